The van der Waals surface area contributed by atoms with Crippen LogP contribution in [0.3, 0.4) is 0 Å². The van der Waals surface area contributed by atoms with Crippen LogP contribution in [0.1, 0.15) is 12.5 Å². The summed E-state index contributed by atoms with van der Waals surface area (Å²) in [5.74, 6) is 0.264. The van der Waals surface area contributed by atoms with Crippen molar-refractivity contribution in [2.24, 2.45) is 0 Å². The average molecular weight is 374 g/mol. The van der Waals surface area contributed by atoms with Gasteiger partial charge in [-0.05, 0) is 26.0 Å². The standard InChI is InChI=1S/C17H18N4O4S/c1-3-24-15(22)12-8-18-16(23)19-13(12)9-26-17-21-20-14(25-17)11-6-4-10(2)5-7-11/h4-7H,3,8-9H2,1-2H3,(H2,18,19,23). The largest absolute Gasteiger partial charge is 0.463 e. The average Bonchev–Trinajstić information content (AvgIpc) is 3.10. The van der Waals surface area contributed by atoms with Gasteiger partial charge in [-0.25, -0.2) is 9.59 Å². The van der Waals surface area contributed by atoms with E-state index in [0.717, 1.165) is 11.1 Å². The molecule has 0 saturated heterocycles. The number of nitrogens with zero attached hydrogens (tertiary/aromatic N) is 2. The number of hydrogen-bond donors (Lipinski definition) is 2. The maximum absolute atomic E-state index is 12.0. The van der Waals surface area contributed by atoms with Crippen molar-refractivity contribution in [1.82, 2.24) is 20.8 Å². The molecular weight excluding hydrogens is 356 g/mol. The molecule has 2 N–H and O–H groups in total. The van der Waals surface area contributed by atoms with Crippen LogP contribution < -0.4 is 10.6 Å². The van der Waals surface area contributed by atoms with Crippen LogP contribution in [0, 0.1) is 6.92 Å². The molecule has 2 amide bonds. The molecule has 0 radical (unpaired) electrons. The van der Waals surface area contributed by atoms with Crippen molar-refractivity contribution < 1.29 is 18.7 Å². The number of aryl methyl sites for hydroxylation is 1. The number of carbonyl (C=O) groups is 2. The zero-order valence-corrected chi connectivity index (χ0v) is 15.2. The number of ether oxygens (including phenoxy) is 1. The number of carbonyl (C=O) groups excluding carboxylic acids is 2. The second kappa shape index (κ2) is 8.05. The number of amides is 2. The number of hydrogen-bond acceptors (Lipinski definition) is 7. The number of rotatable bonds is 6. The zero-order valence-electron chi connectivity index (χ0n) is 14.4. The van der Waals surface area contributed by atoms with Crippen molar-refractivity contribution in [3.05, 3.63) is 41.1 Å². The van der Waals surface area contributed by atoms with E-state index in [1.165, 1.54) is 11.8 Å². The molecule has 1 aromatic carbocycles. The highest BCUT2D eigenvalue weighted by Gasteiger charge is 2.24. The molecule has 9 heteroatoms. The summed E-state index contributed by atoms with van der Waals surface area (Å²) < 4.78 is 10.7. The second-order valence-electron chi connectivity index (χ2n) is 5.51. The summed E-state index contributed by atoms with van der Waals surface area (Å²) in [5, 5.41) is 13.6. The molecule has 3 rings (SSSR count). The van der Waals surface area contributed by atoms with Gasteiger partial charge in [0.2, 0.25) is 5.89 Å². The smallest absolute Gasteiger partial charge is 0.337 e. The van der Waals surface area contributed by atoms with E-state index in [2.05, 4.69) is 20.8 Å². The maximum atomic E-state index is 12.0. The van der Waals surface area contributed by atoms with E-state index in [9.17, 15) is 9.59 Å². The number of esters is 1. The SMILES string of the molecule is CCOC(=O)C1=C(CSc2nnc(-c3ccc(C)cc3)o2)NC(=O)NC1. The number of urea groups is 1. The van der Waals surface area contributed by atoms with Crippen LogP contribution in [0.15, 0.2) is 45.2 Å². The Balaban J connectivity index is 1.71. The molecule has 0 fully saturated rings. The first-order valence-corrected chi connectivity index (χ1v) is 9.02. The Kier molecular flexibility index (Phi) is 5.57. The lowest BCUT2D eigenvalue weighted by Crippen LogP contribution is -2.44. The highest BCUT2D eigenvalue weighted by molar-refractivity contribution is 7.99. The summed E-state index contributed by atoms with van der Waals surface area (Å²) >= 11 is 1.24. The molecule has 8 nitrogen and oxygen atoms in total. The van der Waals surface area contributed by atoms with Gasteiger partial charge in [-0.1, -0.05) is 29.5 Å². The minimum absolute atomic E-state index is 0.124. The summed E-state index contributed by atoms with van der Waals surface area (Å²) in [4.78, 5) is 23.6. The van der Waals surface area contributed by atoms with E-state index >= 15 is 0 Å². The first-order chi connectivity index (χ1) is 12.6. The zero-order chi connectivity index (χ0) is 18.5. The number of aromatic nitrogens is 2. The van der Waals surface area contributed by atoms with Crippen molar-refractivity contribution in [2.75, 3.05) is 18.9 Å². The van der Waals surface area contributed by atoms with Gasteiger partial charge in [-0.3, -0.25) is 0 Å². The Morgan fingerprint density at radius 1 is 1.31 bits per heavy atom. The van der Waals surface area contributed by atoms with Gasteiger partial charge in [0.1, 0.15) is 0 Å². The Morgan fingerprint density at radius 2 is 2.08 bits per heavy atom. The van der Waals surface area contributed by atoms with Crippen molar-refractivity contribution in [3.8, 4) is 11.5 Å². The van der Waals surface area contributed by atoms with E-state index in [-0.39, 0.29) is 19.2 Å². The molecule has 0 bridgehead atoms. The van der Waals surface area contributed by atoms with Gasteiger partial charge in [0, 0.05) is 17.0 Å². The highest BCUT2D eigenvalue weighted by Crippen LogP contribution is 2.25. The van der Waals surface area contributed by atoms with E-state index in [4.69, 9.17) is 9.15 Å². The fourth-order valence-corrected chi connectivity index (χ4v) is 3.03. The number of nitrogens with one attached hydrogen (secondary N) is 2. The highest BCUT2D eigenvalue weighted by atomic mass is 32.2. The third kappa shape index (κ3) is 4.23. The summed E-state index contributed by atoms with van der Waals surface area (Å²) in [6.07, 6.45) is 0. The molecule has 136 valence electrons. The van der Waals surface area contributed by atoms with E-state index in [1.54, 1.807) is 6.92 Å². The van der Waals surface area contributed by atoms with Crippen LogP contribution in [0.2, 0.25) is 0 Å². The minimum Gasteiger partial charge on any atom is -0.463 e. The Labute approximate surface area is 154 Å². The van der Waals surface area contributed by atoms with Crippen molar-refractivity contribution in [1.29, 1.82) is 0 Å². The molecule has 0 saturated carbocycles. The molecule has 1 aromatic heterocycles. The summed E-state index contributed by atoms with van der Waals surface area (Å²) in [6, 6.07) is 7.39. The summed E-state index contributed by atoms with van der Waals surface area (Å²) in [6.45, 7) is 4.12. The molecule has 0 aliphatic carbocycles. The molecule has 2 heterocycles. The normalized spacial score (nSPS) is 14.0. The molecule has 0 atom stereocenters. The molecule has 26 heavy (non-hydrogen) atoms. The van der Waals surface area contributed by atoms with Gasteiger partial charge in [-0.15, -0.1) is 10.2 Å². The first kappa shape index (κ1) is 18.0. The fourth-order valence-electron chi connectivity index (χ4n) is 2.28. The quantitative estimate of drug-likeness (QED) is 0.590. The van der Waals surface area contributed by atoms with Gasteiger partial charge in [0.25, 0.3) is 5.22 Å². The maximum Gasteiger partial charge on any atom is 0.337 e. The Bertz CT molecular complexity index is 845. The fraction of sp³-hybridized carbons (Fsp3) is 0.294. The van der Waals surface area contributed by atoms with Crippen LogP contribution in [-0.2, 0) is 9.53 Å². The van der Waals surface area contributed by atoms with Crippen molar-refractivity contribution in [2.45, 2.75) is 19.1 Å². The number of thioether (sulfide) groups is 1. The Hall–Kier alpha value is -2.81. The number of benzene rings is 1. The van der Waals surface area contributed by atoms with E-state index < -0.39 is 5.97 Å². The van der Waals surface area contributed by atoms with Crippen molar-refractivity contribution >= 4 is 23.8 Å². The second-order valence-corrected chi connectivity index (χ2v) is 6.44. The van der Waals surface area contributed by atoms with Crippen LogP contribution in [0.5, 0.6) is 0 Å². The van der Waals surface area contributed by atoms with Crippen LogP contribution >= 0.6 is 11.8 Å². The van der Waals surface area contributed by atoms with Crippen LogP contribution in [-0.4, -0.2) is 41.1 Å². The van der Waals surface area contributed by atoms with Gasteiger partial charge in [-0.2, -0.15) is 0 Å². The molecular formula is C17H18N4O4S. The summed E-state index contributed by atoms with van der Waals surface area (Å²) in [5.41, 5.74) is 2.84. The van der Waals surface area contributed by atoms with Gasteiger partial charge in [0.15, 0.2) is 0 Å². The molecule has 1 aliphatic heterocycles. The molecule has 0 unspecified atom stereocenters. The van der Waals surface area contributed by atoms with Crippen LogP contribution in [0.4, 0.5) is 4.79 Å². The monoisotopic (exact) mass is 374 g/mol. The lowest BCUT2D eigenvalue weighted by Gasteiger charge is -2.20. The van der Waals surface area contributed by atoms with E-state index in [0.29, 0.717) is 28.1 Å². The molecule has 2 aromatic rings. The van der Waals surface area contributed by atoms with Gasteiger partial charge >= 0.3 is 12.0 Å². The van der Waals surface area contributed by atoms with Gasteiger partial charge in [0.05, 0.1) is 18.7 Å². The third-order valence-electron chi connectivity index (χ3n) is 3.62. The van der Waals surface area contributed by atoms with Crippen molar-refractivity contribution in [3.63, 3.8) is 0 Å². The lowest BCUT2D eigenvalue weighted by atomic mass is 10.1. The molecule has 1 aliphatic rings. The molecule has 0 spiro atoms. The first-order valence-electron chi connectivity index (χ1n) is 8.04. The predicted octanol–water partition coefficient (Wildman–Crippen LogP) is 2.27. The predicted molar refractivity (Wildman–Crippen MR) is 95.4 cm³/mol. The topological polar surface area (TPSA) is 106 Å². The van der Waals surface area contributed by atoms with Crippen LogP contribution in [0.25, 0.3) is 11.5 Å². The lowest BCUT2D eigenvalue weighted by molar-refractivity contribution is -0.138. The Morgan fingerprint density at radius 3 is 2.81 bits per heavy atom. The minimum atomic E-state index is -0.457. The summed E-state index contributed by atoms with van der Waals surface area (Å²) in [7, 11) is 0. The third-order valence-corrected chi connectivity index (χ3v) is 4.47. The van der Waals surface area contributed by atoms with Gasteiger partial charge < -0.3 is 19.8 Å². The van der Waals surface area contributed by atoms with E-state index in [1.807, 2.05) is 31.2 Å².